The number of halogens is 1. The summed E-state index contributed by atoms with van der Waals surface area (Å²) in [7, 11) is 0. The highest BCUT2D eigenvalue weighted by atomic mass is 35.5. The van der Waals surface area contributed by atoms with E-state index >= 15 is 0 Å². The molecule has 7 heteroatoms. The van der Waals surface area contributed by atoms with Gasteiger partial charge >= 0.3 is 0 Å². The molecule has 1 aliphatic carbocycles. The minimum atomic E-state index is -0.0123. The fraction of sp³-hybridized carbons (Fsp3) is 0.500. The molecule has 1 saturated carbocycles. The molecule has 1 aromatic carbocycles. The van der Waals surface area contributed by atoms with Crippen molar-refractivity contribution in [3.05, 3.63) is 58.9 Å². The molecule has 2 fully saturated rings. The fourth-order valence-corrected chi connectivity index (χ4v) is 4.79. The summed E-state index contributed by atoms with van der Waals surface area (Å²) in [6, 6.07) is 11.0. The summed E-state index contributed by atoms with van der Waals surface area (Å²) in [6.45, 7) is 2.81. The first kappa shape index (κ1) is 23.6. The van der Waals surface area contributed by atoms with Crippen molar-refractivity contribution < 1.29 is 14.3 Å². The number of amides is 2. The fourth-order valence-electron chi connectivity index (χ4n) is 4.68. The third kappa shape index (κ3) is 6.70. The third-order valence-corrected chi connectivity index (χ3v) is 6.89. The number of hydrogen-bond acceptors (Lipinski definition) is 4. The highest BCUT2D eigenvalue weighted by Crippen LogP contribution is 2.26. The van der Waals surface area contributed by atoms with E-state index in [0.29, 0.717) is 49.9 Å². The molecule has 2 amide bonds. The topological polar surface area (TPSA) is 62.7 Å². The van der Waals surface area contributed by atoms with Crippen molar-refractivity contribution in [2.24, 2.45) is 5.92 Å². The Morgan fingerprint density at radius 2 is 1.76 bits per heavy atom. The van der Waals surface area contributed by atoms with Crippen molar-refractivity contribution in [1.29, 1.82) is 0 Å². The van der Waals surface area contributed by atoms with E-state index in [9.17, 15) is 9.59 Å². The second kappa shape index (κ2) is 11.5. The van der Waals surface area contributed by atoms with Crippen molar-refractivity contribution >= 4 is 23.4 Å². The average Bonchev–Trinajstić information content (AvgIpc) is 2.86. The molecular formula is C26H32ClN3O3. The number of rotatable bonds is 7. The predicted octanol–water partition coefficient (Wildman–Crippen LogP) is 4.61. The monoisotopic (exact) mass is 469 g/mol. The molecule has 1 aliphatic heterocycles. The molecule has 0 spiro atoms. The van der Waals surface area contributed by atoms with Crippen LogP contribution in [-0.4, -0.2) is 59.4 Å². The SMILES string of the molecule is O=C(Cc1ccc(Cl)nc1)N1CCN(C(=O)c2cccc(OCCC3CCCCC3)c2)CC1. The number of carbonyl (C=O) groups excluding carboxylic acids is 2. The van der Waals surface area contributed by atoms with E-state index in [1.54, 1.807) is 12.3 Å². The van der Waals surface area contributed by atoms with E-state index in [1.807, 2.05) is 40.1 Å². The number of ether oxygens (including phenoxy) is 1. The van der Waals surface area contributed by atoms with E-state index in [-0.39, 0.29) is 11.8 Å². The second-order valence-corrected chi connectivity index (χ2v) is 9.40. The largest absolute Gasteiger partial charge is 0.494 e. The number of pyridine rings is 1. The van der Waals surface area contributed by atoms with Gasteiger partial charge in [0.05, 0.1) is 13.0 Å². The van der Waals surface area contributed by atoms with Crippen LogP contribution in [0.2, 0.25) is 5.15 Å². The summed E-state index contributed by atoms with van der Waals surface area (Å²) in [6.07, 6.45) is 9.67. The molecule has 0 unspecified atom stereocenters. The zero-order valence-corrected chi connectivity index (χ0v) is 19.8. The summed E-state index contributed by atoms with van der Waals surface area (Å²) in [5.41, 5.74) is 1.47. The van der Waals surface area contributed by atoms with E-state index in [1.165, 1.54) is 32.1 Å². The number of hydrogen-bond donors (Lipinski definition) is 0. The predicted molar refractivity (Wildman–Crippen MR) is 129 cm³/mol. The van der Waals surface area contributed by atoms with E-state index in [0.717, 1.165) is 23.7 Å². The number of piperazine rings is 1. The minimum absolute atomic E-state index is 0.0123. The van der Waals surface area contributed by atoms with Crippen LogP contribution in [0.15, 0.2) is 42.6 Å². The van der Waals surface area contributed by atoms with Gasteiger partial charge in [-0.15, -0.1) is 0 Å². The lowest BCUT2D eigenvalue weighted by molar-refractivity contribution is -0.131. The van der Waals surface area contributed by atoms with Crippen molar-refractivity contribution in [3.8, 4) is 5.75 Å². The molecule has 2 aliphatic rings. The molecule has 6 nitrogen and oxygen atoms in total. The standard InChI is InChI=1S/C26H32ClN3O3/c27-24-10-9-21(19-28-24)17-25(31)29-12-14-30(15-13-29)26(32)22-7-4-8-23(18-22)33-16-11-20-5-2-1-3-6-20/h4,7-10,18-20H,1-3,5-6,11-17H2. The van der Waals surface area contributed by atoms with Gasteiger partial charge in [-0.2, -0.15) is 0 Å². The molecule has 4 rings (SSSR count). The zero-order valence-electron chi connectivity index (χ0n) is 19.0. The summed E-state index contributed by atoms with van der Waals surface area (Å²) < 4.78 is 5.96. The Balaban J connectivity index is 1.24. The summed E-state index contributed by atoms with van der Waals surface area (Å²) in [5, 5.41) is 0.414. The number of carbonyl (C=O) groups is 2. The van der Waals surface area contributed by atoms with Crippen molar-refractivity contribution in [2.45, 2.75) is 44.9 Å². The Bertz CT molecular complexity index is 936. The summed E-state index contributed by atoms with van der Waals surface area (Å²) in [5.74, 6) is 1.56. The van der Waals surface area contributed by atoms with E-state index in [4.69, 9.17) is 16.3 Å². The van der Waals surface area contributed by atoms with Gasteiger partial charge in [0, 0.05) is 37.9 Å². The number of aromatic nitrogens is 1. The van der Waals surface area contributed by atoms with Crippen LogP contribution in [0.1, 0.15) is 54.4 Å². The van der Waals surface area contributed by atoms with Gasteiger partial charge in [-0.25, -0.2) is 4.98 Å². The molecule has 0 bridgehead atoms. The lowest BCUT2D eigenvalue weighted by Crippen LogP contribution is -2.51. The van der Waals surface area contributed by atoms with E-state index in [2.05, 4.69) is 4.98 Å². The Hall–Kier alpha value is -2.60. The summed E-state index contributed by atoms with van der Waals surface area (Å²) in [4.78, 5) is 33.3. The Kier molecular flexibility index (Phi) is 8.21. The van der Waals surface area contributed by atoms with Crippen molar-refractivity contribution in [3.63, 3.8) is 0 Å². The van der Waals surface area contributed by atoms with Gasteiger partial charge in [-0.05, 0) is 42.2 Å². The van der Waals surface area contributed by atoms with Crippen LogP contribution in [0.25, 0.3) is 0 Å². The molecule has 0 N–H and O–H groups in total. The number of nitrogens with zero attached hydrogens (tertiary/aromatic N) is 3. The van der Waals surface area contributed by atoms with Gasteiger partial charge in [0.1, 0.15) is 10.9 Å². The Labute approximate surface area is 200 Å². The molecule has 2 aromatic rings. The molecule has 2 heterocycles. The molecule has 176 valence electrons. The smallest absolute Gasteiger partial charge is 0.254 e. The van der Waals surface area contributed by atoms with Crippen LogP contribution in [0.5, 0.6) is 5.75 Å². The molecule has 0 radical (unpaired) electrons. The van der Waals surface area contributed by atoms with Crippen LogP contribution >= 0.6 is 11.6 Å². The molecule has 33 heavy (non-hydrogen) atoms. The summed E-state index contributed by atoms with van der Waals surface area (Å²) >= 11 is 5.81. The maximum Gasteiger partial charge on any atom is 0.254 e. The molecule has 0 atom stereocenters. The highest BCUT2D eigenvalue weighted by Gasteiger charge is 2.25. The van der Waals surface area contributed by atoms with Crippen LogP contribution in [0.4, 0.5) is 0 Å². The van der Waals surface area contributed by atoms with Crippen LogP contribution in [0, 0.1) is 5.92 Å². The first-order valence-corrected chi connectivity index (χ1v) is 12.4. The van der Waals surface area contributed by atoms with Crippen LogP contribution < -0.4 is 4.74 Å². The van der Waals surface area contributed by atoms with Crippen molar-refractivity contribution in [2.75, 3.05) is 32.8 Å². The maximum atomic E-state index is 13.0. The van der Waals surface area contributed by atoms with Gasteiger partial charge < -0.3 is 14.5 Å². The van der Waals surface area contributed by atoms with Crippen LogP contribution in [0.3, 0.4) is 0 Å². The second-order valence-electron chi connectivity index (χ2n) is 9.01. The first-order chi connectivity index (χ1) is 16.1. The Morgan fingerprint density at radius 3 is 2.48 bits per heavy atom. The highest BCUT2D eigenvalue weighted by molar-refractivity contribution is 6.29. The van der Waals surface area contributed by atoms with Gasteiger partial charge in [0.25, 0.3) is 5.91 Å². The average molecular weight is 470 g/mol. The van der Waals surface area contributed by atoms with Crippen LogP contribution in [-0.2, 0) is 11.2 Å². The lowest BCUT2D eigenvalue weighted by Gasteiger charge is -2.35. The minimum Gasteiger partial charge on any atom is -0.494 e. The zero-order chi connectivity index (χ0) is 23.0. The lowest BCUT2D eigenvalue weighted by atomic mass is 9.87. The number of benzene rings is 1. The normalized spacial score (nSPS) is 17.1. The van der Waals surface area contributed by atoms with Gasteiger partial charge in [-0.1, -0.05) is 55.8 Å². The van der Waals surface area contributed by atoms with E-state index < -0.39 is 0 Å². The quantitative estimate of drug-likeness (QED) is 0.555. The van der Waals surface area contributed by atoms with Crippen molar-refractivity contribution in [1.82, 2.24) is 14.8 Å². The first-order valence-electron chi connectivity index (χ1n) is 12.0. The van der Waals surface area contributed by atoms with Gasteiger partial charge in [-0.3, -0.25) is 9.59 Å². The van der Waals surface area contributed by atoms with Gasteiger partial charge in [0.2, 0.25) is 5.91 Å². The maximum absolute atomic E-state index is 13.0. The Morgan fingerprint density at radius 1 is 1.00 bits per heavy atom. The molecule has 1 aromatic heterocycles. The molecular weight excluding hydrogens is 438 g/mol. The molecule has 1 saturated heterocycles. The third-order valence-electron chi connectivity index (χ3n) is 6.66. The van der Waals surface area contributed by atoms with Gasteiger partial charge in [0.15, 0.2) is 0 Å².